The van der Waals surface area contributed by atoms with E-state index in [-0.39, 0.29) is 12.1 Å². The van der Waals surface area contributed by atoms with Gasteiger partial charge in [-0.15, -0.1) is 0 Å². The first-order chi connectivity index (χ1) is 8.36. The van der Waals surface area contributed by atoms with E-state index < -0.39 is 15.3 Å². The van der Waals surface area contributed by atoms with Gasteiger partial charge in [0.25, 0.3) is 0 Å². The van der Waals surface area contributed by atoms with Crippen molar-refractivity contribution < 1.29 is 13.2 Å². The Bertz CT molecular complexity index is 343. The molecule has 1 rings (SSSR count). The quantitative estimate of drug-likeness (QED) is 0.725. The Balaban J connectivity index is 2.52. The van der Waals surface area contributed by atoms with Gasteiger partial charge in [0.1, 0.15) is 0 Å². The van der Waals surface area contributed by atoms with Crippen molar-refractivity contribution in [2.45, 2.75) is 63.5 Å². The highest BCUT2D eigenvalue weighted by molar-refractivity contribution is 7.90. The Morgan fingerprint density at radius 3 is 2.50 bits per heavy atom. The molecule has 5 nitrogen and oxygen atoms in total. The van der Waals surface area contributed by atoms with Gasteiger partial charge in [0.15, 0.2) is 0 Å². The number of hydrogen-bond acceptors (Lipinski definition) is 4. The molecule has 0 bridgehead atoms. The van der Waals surface area contributed by atoms with E-state index in [4.69, 9.17) is 4.74 Å². The van der Waals surface area contributed by atoms with Gasteiger partial charge in [-0.1, -0.05) is 13.8 Å². The molecule has 0 aromatic carbocycles. The smallest absolute Gasteiger partial charge is 0.215 e. The highest BCUT2D eigenvalue weighted by Gasteiger charge is 2.32. The van der Waals surface area contributed by atoms with Crippen LogP contribution in [0.3, 0.4) is 0 Å². The first-order valence-corrected chi connectivity index (χ1v) is 8.18. The number of methoxy groups -OCH3 is 1. The third-order valence-electron chi connectivity index (χ3n) is 3.41. The first-order valence-electron chi connectivity index (χ1n) is 6.64. The third kappa shape index (κ3) is 4.50. The van der Waals surface area contributed by atoms with E-state index in [0.717, 1.165) is 19.3 Å². The molecule has 0 aromatic rings. The topological polar surface area (TPSA) is 67.4 Å². The molecule has 0 saturated heterocycles. The second kappa shape index (κ2) is 6.84. The molecular weight excluding hydrogens is 252 g/mol. The predicted octanol–water partition coefficient (Wildman–Crippen LogP) is 0.860. The van der Waals surface area contributed by atoms with Crippen molar-refractivity contribution >= 4 is 10.0 Å². The van der Waals surface area contributed by atoms with E-state index in [2.05, 4.69) is 10.0 Å². The second-order valence-corrected chi connectivity index (χ2v) is 7.48. The molecule has 0 spiro atoms. The maximum Gasteiger partial charge on any atom is 0.215 e. The van der Waals surface area contributed by atoms with Crippen LogP contribution in [0.2, 0.25) is 0 Å². The van der Waals surface area contributed by atoms with Crippen LogP contribution in [0.5, 0.6) is 0 Å². The maximum atomic E-state index is 12.2. The van der Waals surface area contributed by atoms with Crippen molar-refractivity contribution in [3.63, 3.8) is 0 Å². The summed E-state index contributed by atoms with van der Waals surface area (Å²) in [6.07, 6.45) is 2.83. The average Bonchev–Trinajstić information content (AvgIpc) is 2.72. The molecule has 0 amide bonds. The number of rotatable bonds is 7. The Labute approximate surface area is 111 Å². The summed E-state index contributed by atoms with van der Waals surface area (Å²) in [5, 5.41) is 2.72. The molecular formula is C12H26N2O3S. The van der Waals surface area contributed by atoms with Crippen molar-refractivity contribution in [2.24, 2.45) is 0 Å². The molecule has 1 aliphatic carbocycles. The zero-order valence-corrected chi connectivity index (χ0v) is 12.6. The lowest BCUT2D eigenvalue weighted by molar-refractivity contribution is 0.0916. The van der Waals surface area contributed by atoms with Gasteiger partial charge in [-0.25, -0.2) is 13.1 Å². The van der Waals surface area contributed by atoms with E-state index in [1.807, 2.05) is 13.8 Å². The Morgan fingerprint density at radius 2 is 1.94 bits per heavy atom. The SMILES string of the molecule is COC1CCCC1NS(=O)(=O)C(C)CNC(C)C. The monoisotopic (exact) mass is 278 g/mol. The summed E-state index contributed by atoms with van der Waals surface area (Å²) >= 11 is 0. The molecule has 1 saturated carbocycles. The van der Waals surface area contributed by atoms with Gasteiger partial charge < -0.3 is 10.1 Å². The molecule has 0 radical (unpaired) electrons. The van der Waals surface area contributed by atoms with Crippen molar-refractivity contribution in [1.82, 2.24) is 10.0 Å². The summed E-state index contributed by atoms with van der Waals surface area (Å²) < 4.78 is 32.4. The molecule has 0 aliphatic heterocycles. The van der Waals surface area contributed by atoms with E-state index in [0.29, 0.717) is 12.6 Å². The van der Waals surface area contributed by atoms with Gasteiger partial charge in [0.05, 0.1) is 11.4 Å². The van der Waals surface area contributed by atoms with Gasteiger partial charge in [0.2, 0.25) is 10.0 Å². The number of sulfonamides is 1. The molecule has 0 aromatic heterocycles. The van der Waals surface area contributed by atoms with Gasteiger partial charge in [-0.3, -0.25) is 0 Å². The molecule has 3 atom stereocenters. The Hall–Kier alpha value is -0.170. The number of hydrogen-bond donors (Lipinski definition) is 2. The van der Waals surface area contributed by atoms with Crippen molar-refractivity contribution in [3.8, 4) is 0 Å². The van der Waals surface area contributed by atoms with Gasteiger partial charge in [-0.05, 0) is 26.2 Å². The van der Waals surface area contributed by atoms with Crippen LogP contribution in [0, 0.1) is 0 Å². The first kappa shape index (κ1) is 15.9. The molecule has 6 heteroatoms. The van der Waals surface area contributed by atoms with Crippen LogP contribution in [-0.2, 0) is 14.8 Å². The van der Waals surface area contributed by atoms with Crippen LogP contribution in [0.4, 0.5) is 0 Å². The minimum Gasteiger partial charge on any atom is -0.380 e. The molecule has 3 unspecified atom stereocenters. The van der Waals surface area contributed by atoms with Crippen molar-refractivity contribution in [1.29, 1.82) is 0 Å². The summed E-state index contributed by atoms with van der Waals surface area (Å²) in [5.74, 6) is 0. The fraction of sp³-hybridized carbons (Fsp3) is 1.00. The average molecular weight is 278 g/mol. The highest BCUT2D eigenvalue weighted by atomic mass is 32.2. The highest BCUT2D eigenvalue weighted by Crippen LogP contribution is 2.22. The summed E-state index contributed by atoms with van der Waals surface area (Å²) in [6.45, 7) is 6.21. The van der Waals surface area contributed by atoms with Crippen LogP contribution in [0.1, 0.15) is 40.0 Å². The molecule has 0 heterocycles. The second-order valence-electron chi connectivity index (χ2n) is 5.35. The van der Waals surface area contributed by atoms with E-state index >= 15 is 0 Å². The minimum atomic E-state index is -3.27. The molecule has 1 aliphatic rings. The lowest BCUT2D eigenvalue weighted by Gasteiger charge is -2.23. The molecule has 108 valence electrons. The predicted molar refractivity (Wildman–Crippen MR) is 73.1 cm³/mol. The normalized spacial score (nSPS) is 26.7. The molecule has 18 heavy (non-hydrogen) atoms. The zero-order chi connectivity index (χ0) is 13.8. The summed E-state index contributed by atoms with van der Waals surface area (Å²) in [4.78, 5) is 0. The maximum absolute atomic E-state index is 12.2. The van der Waals surface area contributed by atoms with Crippen LogP contribution >= 0.6 is 0 Å². The van der Waals surface area contributed by atoms with Crippen LogP contribution < -0.4 is 10.0 Å². The summed E-state index contributed by atoms with van der Waals surface area (Å²) in [6, 6.07) is 0.224. The van der Waals surface area contributed by atoms with Gasteiger partial charge in [-0.2, -0.15) is 0 Å². The standard InChI is InChI=1S/C12H26N2O3S/c1-9(2)13-8-10(3)18(15,16)14-11-6-5-7-12(11)17-4/h9-14H,5-8H2,1-4H3. The largest absolute Gasteiger partial charge is 0.380 e. The number of ether oxygens (including phenoxy) is 1. The van der Waals surface area contributed by atoms with E-state index in [1.54, 1.807) is 14.0 Å². The van der Waals surface area contributed by atoms with Crippen molar-refractivity contribution in [3.05, 3.63) is 0 Å². The summed E-state index contributed by atoms with van der Waals surface area (Å²) in [7, 11) is -1.63. The fourth-order valence-electron chi connectivity index (χ4n) is 2.18. The van der Waals surface area contributed by atoms with E-state index in [9.17, 15) is 8.42 Å². The lowest BCUT2D eigenvalue weighted by Crippen LogP contribution is -2.47. The van der Waals surface area contributed by atoms with Gasteiger partial charge >= 0.3 is 0 Å². The van der Waals surface area contributed by atoms with Crippen molar-refractivity contribution in [2.75, 3.05) is 13.7 Å². The van der Waals surface area contributed by atoms with Crippen LogP contribution in [0.25, 0.3) is 0 Å². The molecule has 1 fully saturated rings. The molecule has 2 N–H and O–H groups in total. The third-order valence-corrected chi connectivity index (χ3v) is 5.27. The van der Waals surface area contributed by atoms with Crippen LogP contribution in [0.15, 0.2) is 0 Å². The Morgan fingerprint density at radius 1 is 1.28 bits per heavy atom. The summed E-state index contributed by atoms with van der Waals surface area (Å²) in [5.41, 5.74) is 0. The van der Waals surface area contributed by atoms with E-state index in [1.165, 1.54) is 0 Å². The zero-order valence-electron chi connectivity index (χ0n) is 11.8. The minimum absolute atomic E-state index is 0.0185. The van der Waals surface area contributed by atoms with Gasteiger partial charge in [0, 0.05) is 25.7 Å². The Kier molecular flexibility index (Phi) is 6.04. The number of nitrogens with one attached hydrogen (secondary N) is 2. The lowest BCUT2D eigenvalue weighted by atomic mass is 10.2. The fourth-order valence-corrected chi connectivity index (χ4v) is 3.42. The van der Waals surface area contributed by atoms with Crippen LogP contribution in [-0.4, -0.2) is 45.5 Å².